The summed E-state index contributed by atoms with van der Waals surface area (Å²) < 4.78 is 6.39. The molecule has 120 valence electrons. The lowest BCUT2D eigenvalue weighted by atomic mass is 9.93. The minimum atomic E-state index is 0.120. The molecule has 0 radical (unpaired) electrons. The van der Waals surface area contributed by atoms with Crippen molar-refractivity contribution >= 4 is 22.2 Å². The SMILES string of the molecule is CNC1CCC(OC2=NC(C)Nc3sc4c(c32)CCC4)CC1. The Kier molecular flexibility index (Phi) is 3.86. The Hall–Kier alpha value is -1.07. The van der Waals surface area contributed by atoms with Gasteiger partial charge in [0, 0.05) is 10.9 Å². The summed E-state index contributed by atoms with van der Waals surface area (Å²) in [5, 5.41) is 8.18. The van der Waals surface area contributed by atoms with Gasteiger partial charge in [-0.25, -0.2) is 4.99 Å². The molecule has 1 fully saturated rings. The van der Waals surface area contributed by atoms with Crippen LogP contribution in [0.4, 0.5) is 5.00 Å². The van der Waals surface area contributed by atoms with Gasteiger partial charge in [-0.15, -0.1) is 11.3 Å². The van der Waals surface area contributed by atoms with Gasteiger partial charge in [0.25, 0.3) is 0 Å². The lowest BCUT2D eigenvalue weighted by molar-refractivity contribution is 0.130. The van der Waals surface area contributed by atoms with E-state index in [2.05, 4.69) is 24.6 Å². The average molecular weight is 319 g/mol. The Morgan fingerprint density at radius 1 is 1.23 bits per heavy atom. The summed E-state index contributed by atoms with van der Waals surface area (Å²) in [5.41, 5.74) is 2.79. The number of hydrogen-bond acceptors (Lipinski definition) is 5. The molecule has 1 unspecified atom stereocenters. The van der Waals surface area contributed by atoms with Crippen molar-refractivity contribution in [1.82, 2.24) is 5.32 Å². The van der Waals surface area contributed by atoms with Gasteiger partial charge >= 0.3 is 0 Å². The topological polar surface area (TPSA) is 45.6 Å². The zero-order chi connectivity index (χ0) is 15.1. The fourth-order valence-electron chi connectivity index (χ4n) is 3.91. The summed E-state index contributed by atoms with van der Waals surface area (Å²) in [5.74, 6) is 0.911. The van der Waals surface area contributed by atoms with E-state index < -0.39 is 0 Å². The molecule has 1 aromatic heterocycles. The molecule has 1 aliphatic heterocycles. The van der Waals surface area contributed by atoms with Crippen LogP contribution in [0, 0.1) is 0 Å². The number of aliphatic imine (C=N–C) groups is 1. The summed E-state index contributed by atoms with van der Waals surface area (Å²) in [6, 6.07) is 0.662. The van der Waals surface area contributed by atoms with E-state index in [0.717, 1.165) is 18.7 Å². The Labute approximate surface area is 136 Å². The van der Waals surface area contributed by atoms with E-state index in [1.165, 1.54) is 48.2 Å². The molecular weight excluding hydrogens is 294 g/mol. The fourth-order valence-corrected chi connectivity index (χ4v) is 5.27. The molecule has 22 heavy (non-hydrogen) atoms. The van der Waals surface area contributed by atoms with E-state index in [1.807, 2.05) is 11.3 Å². The van der Waals surface area contributed by atoms with E-state index in [9.17, 15) is 0 Å². The van der Waals surface area contributed by atoms with Crippen LogP contribution in [0.1, 0.15) is 55.0 Å². The lowest BCUT2D eigenvalue weighted by Gasteiger charge is -2.30. The number of nitrogens with one attached hydrogen (secondary N) is 2. The molecule has 0 amide bonds. The second-order valence-electron chi connectivity index (χ2n) is 6.70. The second kappa shape index (κ2) is 5.85. The van der Waals surface area contributed by atoms with Crippen molar-refractivity contribution in [3.63, 3.8) is 0 Å². The molecule has 1 atom stereocenters. The van der Waals surface area contributed by atoms with Crippen LogP contribution >= 0.6 is 11.3 Å². The summed E-state index contributed by atoms with van der Waals surface area (Å²) >= 11 is 1.92. The second-order valence-corrected chi connectivity index (χ2v) is 7.80. The van der Waals surface area contributed by atoms with Crippen LogP contribution in [-0.2, 0) is 17.6 Å². The first-order valence-corrected chi connectivity index (χ1v) is 9.39. The maximum absolute atomic E-state index is 6.39. The normalized spacial score (nSPS) is 30.3. The highest BCUT2D eigenvalue weighted by Gasteiger charge is 2.32. The van der Waals surface area contributed by atoms with Gasteiger partial charge in [-0.05, 0) is 64.5 Å². The highest BCUT2D eigenvalue weighted by molar-refractivity contribution is 7.16. The van der Waals surface area contributed by atoms with Crippen molar-refractivity contribution in [3.8, 4) is 0 Å². The first-order valence-electron chi connectivity index (χ1n) is 8.57. The van der Waals surface area contributed by atoms with Crippen molar-refractivity contribution in [2.45, 2.75) is 70.2 Å². The highest BCUT2D eigenvalue weighted by Crippen LogP contribution is 2.42. The van der Waals surface area contributed by atoms with Gasteiger partial charge in [0.2, 0.25) is 5.90 Å². The smallest absolute Gasteiger partial charge is 0.221 e. The number of fused-ring (bicyclic) bond motifs is 3. The third-order valence-corrected chi connectivity index (χ3v) is 6.37. The van der Waals surface area contributed by atoms with Crippen LogP contribution in [-0.4, -0.2) is 31.3 Å². The molecule has 1 aromatic rings. The van der Waals surface area contributed by atoms with Crippen molar-refractivity contribution in [1.29, 1.82) is 0 Å². The van der Waals surface area contributed by atoms with Crippen LogP contribution in [0.5, 0.6) is 0 Å². The lowest BCUT2D eigenvalue weighted by Crippen LogP contribution is -2.35. The third kappa shape index (κ3) is 2.54. The van der Waals surface area contributed by atoms with Gasteiger partial charge in [-0.3, -0.25) is 0 Å². The van der Waals surface area contributed by atoms with Crippen LogP contribution in [0.2, 0.25) is 0 Å². The molecule has 1 saturated carbocycles. The molecule has 0 aromatic carbocycles. The van der Waals surface area contributed by atoms with Crippen molar-refractivity contribution < 1.29 is 4.74 Å². The van der Waals surface area contributed by atoms with E-state index in [-0.39, 0.29) is 6.17 Å². The summed E-state index contributed by atoms with van der Waals surface area (Å²) in [7, 11) is 2.06. The number of aryl methyl sites for hydroxylation is 1. The first-order chi connectivity index (χ1) is 10.7. The number of nitrogens with zero attached hydrogens (tertiary/aromatic N) is 1. The minimum Gasteiger partial charge on any atom is -0.474 e. The maximum atomic E-state index is 6.39. The number of anilines is 1. The first kappa shape index (κ1) is 14.5. The molecule has 3 aliphatic rings. The number of rotatable bonds is 2. The molecule has 2 aliphatic carbocycles. The Morgan fingerprint density at radius 3 is 2.82 bits per heavy atom. The maximum Gasteiger partial charge on any atom is 0.221 e. The van der Waals surface area contributed by atoms with Crippen LogP contribution in [0.3, 0.4) is 0 Å². The summed E-state index contributed by atoms with van der Waals surface area (Å²) in [4.78, 5) is 6.32. The van der Waals surface area contributed by atoms with Crippen LogP contribution in [0.15, 0.2) is 4.99 Å². The van der Waals surface area contributed by atoms with E-state index in [4.69, 9.17) is 9.73 Å². The summed E-state index contributed by atoms with van der Waals surface area (Å²) in [6.07, 6.45) is 8.82. The van der Waals surface area contributed by atoms with Crippen molar-refractivity contribution in [2.24, 2.45) is 4.99 Å². The molecule has 4 rings (SSSR count). The quantitative estimate of drug-likeness (QED) is 0.879. The monoisotopic (exact) mass is 319 g/mol. The largest absolute Gasteiger partial charge is 0.474 e. The van der Waals surface area contributed by atoms with Crippen molar-refractivity contribution in [3.05, 3.63) is 16.0 Å². The number of thiophene rings is 1. The average Bonchev–Trinajstić information content (AvgIpc) is 3.08. The molecule has 0 spiro atoms. The van der Waals surface area contributed by atoms with Crippen molar-refractivity contribution in [2.75, 3.05) is 12.4 Å². The Balaban J connectivity index is 1.54. The number of hydrogen-bond donors (Lipinski definition) is 2. The zero-order valence-corrected chi connectivity index (χ0v) is 14.3. The molecule has 5 heteroatoms. The van der Waals surface area contributed by atoms with E-state index in [0.29, 0.717) is 12.1 Å². The van der Waals surface area contributed by atoms with E-state index in [1.54, 1.807) is 4.88 Å². The van der Waals surface area contributed by atoms with Gasteiger partial charge in [0.05, 0.1) is 5.56 Å². The van der Waals surface area contributed by atoms with E-state index >= 15 is 0 Å². The van der Waals surface area contributed by atoms with Gasteiger partial charge in [-0.1, -0.05) is 0 Å². The van der Waals surface area contributed by atoms with Gasteiger partial charge in [0.1, 0.15) is 17.3 Å². The molecule has 2 heterocycles. The highest BCUT2D eigenvalue weighted by atomic mass is 32.1. The predicted molar refractivity (Wildman–Crippen MR) is 92.2 cm³/mol. The summed E-state index contributed by atoms with van der Waals surface area (Å²) in [6.45, 7) is 2.11. The van der Waals surface area contributed by atoms with Crippen LogP contribution in [0.25, 0.3) is 0 Å². The zero-order valence-electron chi connectivity index (χ0n) is 13.4. The third-order valence-electron chi connectivity index (χ3n) is 5.15. The predicted octanol–water partition coefficient (Wildman–Crippen LogP) is 3.30. The number of ether oxygens (including phenoxy) is 1. The molecule has 0 bridgehead atoms. The molecule has 0 saturated heterocycles. The van der Waals surface area contributed by atoms with Gasteiger partial charge in [-0.2, -0.15) is 0 Å². The standard InChI is InChI=1S/C17H25N3OS/c1-10-19-16(21-12-8-6-11(18-2)7-9-12)15-13-4-3-5-14(13)22-17(15)20-10/h10-12,18,20H,3-9H2,1-2H3. The molecular formula is C17H25N3OS. The molecule has 2 N–H and O–H groups in total. The van der Waals surface area contributed by atoms with Gasteiger partial charge in [0.15, 0.2) is 0 Å². The van der Waals surface area contributed by atoms with Gasteiger partial charge < -0.3 is 15.4 Å². The Bertz CT molecular complexity index is 587. The Morgan fingerprint density at radius 2 is 2.05 bits per heavy atom. The van der Waals surface area contributed by atoms with Crippen LogP contribution < -0.4 is 10.6 Å². The fraction of sp³-hybridized carbons (Fsp3) is 0.706. The molecule has 4 nitrogen and oxygen atoms in total. The minimum absolute atomic E-state index is 0.120.